The molecule has 1 aliphatic carbocycles. The summed E-state index contributed by atoms with van der Waals surface area (Å²) in [6, 6.07) is 20.8. The number of nitrogens with two attached hydrogens (primary N) is 2. The third-order valence-corrected chi connectivity index (χ3v) is 10.3. The van der Waals surface area contributed by atoms with Gasteiger partial charge in [0.05, 0.1) is 26.4 Å². The number of para-hydroxylation sites is 2. The minimum Gasteiger partial charge on any atom is -0.493 e. The minimum absolute atomic E-state index is 0.00960. The summed E-state index contributed by atoms with van der Waals surface area (Å²) in [5.41, 5.74) is 21.2. The van der Waals surface area contributed by atoms with Gasteiger partial charge in [0.1, 0.15) is 23.0 Å². The number of fused-ring (bicyclic) bond motifs is 8. The molecule has 0 unspecified atom stereocenters. The Morgan fingerprint density at radius 1 is 0.452 bits per heavy atom. The third-order valence-electron chi connectivity index (χ3n) is 9.93. The maximum absolute atomic E-state index is 6.71. The normalized spacial score (nSPS) is 12.1. The van der Waals surface area contributed by atoms with Crippen LogP contribution in [0.25, 0.3) is 0 Å². The first-order valence-corrected chi connectivity index (χ1v) is 21.8. The summed E-state index contributed by atoms with van der Waals surface area (Å²) in [6.07, 6.45) is 5.25. The van der Waals surface area contributed by atoms with Crippen molar-refractivity contribution in [3.63, 3.8) is 0 Å². The highest BCUT2D eigenvalue weighted by Gasteiger charge is 2.24. The lowest BCUT2D eigenvalue weighted by Crippen LogP contribution is -2.11. The van der Waals surface area contributed by atoms with Gasteiger partial charge < -0.3 is 41.0 Å². The van der Waals surface area contributed by atoms with E-state index in [1.54, 1.807) is 0 Å². The smallest absolute Gasteiger partial charge is 0.233 e. The Balaban J connectivity index is 1.48. The number of hydrogen-bond acceptors (Lipinski definition) is 14. The predicted octanol–water partition coefficient (Wildman–Crippen LogP) is 9.85. The maximum Gasteiger partial charge on any atom is 0.233 e. The van der Waals surface area contributed by atoms with Crippen LogP contribution in [0, 0.1) is 0 Å². The molecule has 1 aliphatic rings. The van der Waals surface area contributed by atoms with Crippen LogP contribution in [0.5, 0.6) is 23.0 Å². The van der Waals surface area contributed by atoms with E-state index in [0.29, 0.717) is 52.1 Å². The van der Waals surface area contributed by atoms with Gasteiger partial charge in [-0.2, -0.15) is 29.9 Å². The van der Waals surface area contributed by atoms with Crippen LogP contribution in [0.1, 0.15) is 97.9 Å². The van der Waals surface area contributed by atoms with E-state index < -0.39 is 0 Å². The van der Waals surface area contributed by atoms with Gasteiger partial charge in [-0.1, -0.05) is 64.1 Å². The number of halogens is 2. The zero-order chi connectivity index (χ0) is 43.6. The summed E-state index contributed by atoms with van der Waals surface area (Å²) >= 11 is 12.4. The van der Waals surface area contributed by atoms with Crippen LogP contribution in [0.3, 0.4) is 0 Å². The molecule has 0 radical (unpaired) electrons. The molecule has 8 bridgehead atoms. The number of nitrogen functional groups attached to an aromatic ring is 2. The summed E-state index contributed by atoms with van der Waals surface area (Å²) < 4.78 is 26.8. The van der Waals surface area contributed by atoms with Crippen molar-refractivity contribution < 1.29 is 18.9 Å². The Bertz CT molecular complexity index is 2220. The summed E-state index contributed by atoms with van der Waals surface area (Å²) in [4.78, 5) is 25.1. The van der Waals surface area contributed by atoms with E-state index in [0.717, 1.165) is 105 Å². The van der Waals surface area contributed by atoms with Crippen LogP contribution in [0.15, 0.2) is 60.7 Å². The molecule has 324 valence electrons. The van der Waals surface area contributed by atoms with Crippen LogP contribution in [0.4, 0.5) is 35.2 Å². The topological polar surface area (TPSA) is 190 Å². The van der Waals surface area contributed by atoms with E-state index in [-0.39, 0.29) is 34.4 Å². The van der Waals surface area contributed by atoms with E-state index in [4.69, 9.17) is 53.6 Å². The van der Waals surface area contributed by atoms with Crippen LogP contribution in [-0.4, -0.2) is 56.3 Å². The first-order valence-electron chi connectivity index (χ1n) is 21.1. The number of benzene rings is 4. The van der Waals surface area contributed by atoms with Crippen molar-refractivity contribution in [3.05, 3.63) is 116 Å². The molecular weight excluding hydrogens is 827 g/mol. The molecule has 0 saturated carbocycles. The lowest BCUT2D eigenvalue weighted by atomic mass is 9.90. The molecular formula is C46H52Cl2N10O4. The van der Waals surface area contributed by atoms with Gasteiger partial charge in [-0.25, -0.2) is 0 Å². The second-order valence-electron chi connectivity index (χ2n) is 15.0. The van der Waals surface area contributed by atoms with Gasteiger partial charge in [-0.3, -0.25) is 0 Å². The Kier molecular flexibility index (Phi) is 14.6. The molecule has 2 aromatic heterocycles. The Morgan fingerprint density at radius 3 is 1.02 bits per heavy atom. The van der Waals surface area contributed by atoms with Crippen LogP contribution in [0.2, 0.25) is 10.6 Å². The van der Waals surface area contributed by atoms with E-state index in [1.165, 1.54) is 0 Å². The van der Waals surface area contributed by atoms with Crippen molar-refractivity contribution in [3.8, 4) is 23.0 Å². The fourth-order valence-electron chi connectivity index (χ4n) is 7.49. The molecule has 0 spiro atoms. The average molecular weight is 880 g/mol. The third kappa shape index (κ3) is 10.8. The highest BCUT2D eigenvalue weighted by atomic mass is 35.5. The molecule has 0 amide bonds. The molecule has 0 fully saturated rings. The summed E-state index contributed by atoms with van der Waals surface area (Å²) in [6.45, 7) is 10.5. The quantitative estimate of drug-likeness (QED) is 0.0717. The van der Waals surface area contributed by atoms with E-state index in [1.807, 2.05) is 0 Å². The predicted molar refractivity (Wildman–Crippen MR) is 245 cm³/mol. The number of aromatic nitrogens is 6. The number of anilines is 6. The summed E-state index contributed by atoms with van der Waals surface area (Å²) in [7, 11) is 0. The molecule has 7 rings (SSSR count). The fourth-order valence-corrected chi connectivity index (χ4v) is 7.82. The molecule has 0 atom stereocenters. The Labute approximate surface area is 372 Å². The standard InChI is InChI=1S/C46H52Cl2N10O4/c1-5-15-59-37-27-11-9-12-28(37)20-32-24-36(52-46-56-42(48)54-44(50)58-46)26-34(40(32)62-18-8-4)22-30-14-10-13-29(38(30)60-16-6-2)21-33-25-35(23-31(19-27)39(33)61-17-7-3)51-45-55-41(47)53-43(49)57-45/h9-14,23-26H,5-8,15-22H2,1-4H3,(H3,49,51,53,55,57)(H3,50,52,54,56,58). The highest BCUT2D eigenvalue weighted by Crippen LogP contribution is 2.41. The van der Waals surface area contributed by atoms with Crippen molar-refractivity contribution >= 4 is 58.4 Å². The zero-order valence-electron chi connectivity index (χ0n) is 35.5. The number of nitrogens with one attached hydrogen (secondary N) is 2. The maximum atomic E-state index is 6.71. The molecule has 2 heterocycles. The second kappa shape index (κ2) is 20.6. The van der Waals surface area contributed by atoms with Crippen LogP contribution in [-0.2, 0) is 25.7 Å². The lowest BCUT2D eigenvalue weighted by molar-refractivity contribution is 0.304. The van der Waals surface area contributed by atoms with E-state index >= 15 is 0 Å². The molecule has 0 saturated heterocycles. The molecule has 0 aliphatic heterocycles. The molecule has 4 aromatic carbocycles. The van der Waals surface area contributed by atoms with Gasteiger partial charge in [0.2, 0.25) is 34.4 Å². The van der Waals surface area contributed by atoms with Crippen molar-refractivity contribution in [1.82, 2.24) is 29.9 Å². The van der Waals surface area contributed by atoms with Gasteiger partial charge in [0.15, 0.2) is 0 Å². The Hall–Kier alpha value is -6.12. The number of nitrogens with zero attached hydrogens (tertiary/aromatic N) is 6. The summed E-state index contributed by atoms with van der Waals surface area (Å²) in [5.74, 6) is 3.68. The van der Waals surface area contributed by atoms with Crippen molar-refractivity contribution in [2.24, 2.45) is 0 Å². The highest BCUT2D eigenvalue weighted by molar-refractivity contribution is 6.28. The van der Waals surface area contributed by atoms with Gasteiger partial charge in [-0.05, 0) is 95.4 Å². The molecule has 62 heavy (non-hydrogen) atoms. The minimum atomic E-state index is -0.00960. The van der Waals surface area contributed by atoms with Gasteiger partial charge in [0, 0.05) is 59.3 Å². The van der Waals surface area contributed by atoms with Crippen LogP contribution < -0.4 is 41.0 Å². The largest absolute Gasteiger partial charge is 0.493 e. The first-order chi connectivity index (χ1) is 30.1. The van der Waals surface area contributed by atoms with Crippen molar-refractivity contribution in [1.29, 1.82) is 0 Å². The molecule has 6 aromatic rings. The first kappa shape index (κ1) is 44.0. The van der Waals surface area contributed by atoms with E-state index in [2.05, 4.69) is 129 Å². The zero-order valence-corrected chi connectivity index (χ0v) is 37.0. The van der Waals surface area contributed by atoms with Crippen molar-refractivity contribution in [2.45, 2.75) is 79.1 Å². The van der Waals surface area contributed by atoms with Gasteiger partial charge in [-0.15, -0.1) is 0 Å². The van der Waals surface area contributed by atoms with Gasteiger partial charge in [0.25, 0.3) is 0 Å². The van der Waals surface area contributed by atoms with Crippen LogP contribution >= 0.6 is 23.2 Å². The molecule has 14 nitrogen and oxygen atoms in total. The van der Waals surface area contributed by atoms with Gasteiger partial charge >= 0.3 is 0 Å². The summed E-state index contributed by atoms with van der Waals surface area (Å²) in [5, 5.41) is 6.68. The fraction of sp³-hybridized carbons (Fsp3) is 0.348. The number of hydrogen-bond donors (Lipinski definition) is 4. The SMILES string of the molecule is CCCOc1c2cccc1Cc1cc(Nc3nc(N)nc(Cl)n3)cc(c1OCCC)Cc1cccc(c1OCCC)Cc1cc(Nc3nc(N)nc(Cl)n3)cc(c1OCCC)C2. The lowest BCUT2D eigenvalue weighted by Gasteiger charge is -2.24. The van der Waals surface area contributed by atoms with Crippen molar-refractivity contribution in [2.75, 3.05) is 48.5 Å². The molecule has 16 heteroatoms. The van der Waals surface area contributed by atoms with E-state index in [9.17, 15) is 0 Å². The second-order valence-corrected chi connectivity index (χ2v) is 15.7. The number of rotatable bonds is 16. The average Bonchev–Trinajstić information content (AvgIpc) is 3.21. The Morgan fingerprint density at radius 2 is 0.742 bits per heavy atom. The monoisotopic (exact) mass is 878 g/mol. The number of ether oxygens (including phenoxy) is 4. The molecule has 6 N–H and O–H groups in total.